The lowest BCUT2D eigenvalue weighted by molar-refractivity contribution is -0.144. The second kappa shape index (κ2) is 13.8. The Hall–Kier alpha value is -3.40. The number of carbonyl (C=O) groups is 7. The molecule has 0 bridgehead atoms. The van der Waals surface area contributed by atoms with Gasteiger partial charge in [-0.3, -0.25) is 28.8 Å². The molecule has 0 fully saturated rings. The lowest BCUT2D eigenvalue weighted by Gasteiger charge is -2.23. The van der Waals surface area contributed by atoms with Crippen molar-refractivity contribution in [3.8, 4) is 0 Å². The monoisotopic (exact) mass is 479 g/mol. The topological polar surface area (TPSA) is 268 Å². The van der Waals surface area contributed by atoms with Crippen molar-refractivity contribution in [3.63, 3.8) is 0 Å². The summed E-state index contributed by atoms with van der Waals surface area (Å²) in [4.78, 5) is 80.4. The van der Waals surface area contributed by atoms with Crippen LogP contribution in [0.5, 0.6) is 0 Å². The summed E-state index contributed by atoms with van der Waals surface area (Å²) in [7, 11) is 0. The molecule has 4 atom stereocenters. The van der Waals surface area contributed by atoms with Crippen LogP contribution in [0.2, 0.25) is 0 Å². The molecule has 0 spiro atoms. The number of thiol groups is 1. The van der Waals surface area contributed by atoms with E-state index in [1.165, 1.54) is 0 Å². The van der Waals surface area contributed by atoms with E-state index in [0.29, 0.717) is 0 Å². The van der Waals surface area contributed by atoms with Crippen molar-refractivity contribution < 1.29 is 48.9 Å². The van der Waals surface area contributed by atoms with Gasteiger partial charge in [-0.15, -0.1) is 0 Å². The number of hydrogen-bond donors (Lipinski definition) is 9. The second-order valence-corrected chi connectivity index (χ2v) is 6.88. The summed E-state index contributed by atoms with van der Waals surface area (Å²) in [5, 5.41) is 32.9. The summed E-state index contributed by atoms with van der Waals surface area (Å²) >= 11 is 3.87. The Balaban J connectivity index is 5.27. The van der Waals surface area contributed by atoms with Crippen LogP contribution in [0.4, 0.5) is 0 Å². The van der Waals surface area contributed by atoms with Crippen LogP contribution in [0.25, 0.3) is 0 Å². The summed E-state index contributed by atoms with van der Waals surface area (Å²) in [5.74, 6) is -8.74. The lowest BCUT2D eigenvalue weighted by Crippen LogP contribution is -2.58. The van der Waals surface area contributed by atoms with Crippen LogP contribution in [0.15, 0.2) is 0 Å². The number of hydrogen-bond acceptors (Lipinski definition) is 9. The average molecular weight is 479 g/mol. The molecule has 0 aromatic heterocycles. The fourth-order valence-corrected chi connectivity index (χ4v) is 2.49. The largest absolute Gasteiger partial charge is 0.481 e. The predicted octanol–water partition coefficient (Wildman–Crippen LogP) is -4.00. The first-order valence-electron chi connectivity index (χ1n) is 9.00. The quantitative estimate of drug-likeness (QED) is 0.102. The van der Waals surface area contributed by atoms with E-state index in [1.807, 2.05) is 10.6 Å². The molecule has 0 aromatic carbocycles. The van der Waals surface area contributed by atoms with E-state index in [0.717, 1.165) is 0 Å². The molecule has 0 radical (unpaired) electrons. The van der Waals surface area contributed by atoms with Gasteiger partial charge in [-0.2, -0.15) is 12.6 Å². The summed E-state index contributed by atoms with van der Waals surface area (Å²) in [6, 6.07) is -6.17. The molecule has 32 heavy (non-hydrogen) atoms. The average Bonchev–Trinajstić information content (AvgIpc) is 2.66. The number of nitrogens with one attached hydrogen (secondary N) is 3. The molecule has 180 valence electrons. The fourth-order valence-electron chi connectivity index (χ4n) is 2.24. The predicted molar refractivity (Wildman–Crippen MR) is 108 cm³/mol. The maximum absolute atomic E-state index is 12.4. The Morgan fingerprint density at radius 2 is 1.25 bits per heavy atom. The van der Waals surface area contributed by atoms with E-state index in [2.05, 4.69) is 17.9 Å². The first kappa shape index (κ1) is 28.6. The molecule has 0 aliphatic heterocycles. The van der Waals surface area contributed by atoms with E-state index in [1.54, 1.807) is 0 Å². The van der Waals surface area contributed by atoms with Gasteiger partial charge < -0.3 is 42.7 Å². The fraction of sp³-hybridized carbons (Fsp3) is 0.562. The van der Waals surface area contributed by atoms with Crippen molar-refractivity contribution in [1.29, 1.82) is 0 Å². The molecule has 0 aliphatic rings. The number of aliphatic carboxylic acids is 3. The summed E-state index contributed by atoms with van der Waals surface area (Å²) in [6.45, 7) is 0. The third-order valence-corrected chi connectivity index (χ3v) is 4.21. The Morgan fingerprint density at radius 1 is 0.750 bits per heavy atom. The van der Waals surface area contributed by atoms with Gasteiger partial charge in [0.1, 0.15) is 18.1 Å². The molecule has 16 heteroatoms. The molecule has 15 nitrogen and oxygen atoms in total. The molecule has 0 aromatic rings. The number of nitrogens with two attached hydrogens (primary N) is 2. The third kappa shape index (κ3) is 11.1. The van der Waals surface area contributed by atoms with Gasteiger partial charge in [0.15, 0.2) is 0 Å². The third-order valence-electron chi connectivity index (χ3n) is 3.85. The number of rotatable bonds is 15. The van der Waals surface area contributed by atoms with Crippen molar-refractivity contribution in [1.82, 2.24) is 16.0 Å². The minimum absolute atomic E-state index is 0.349. The van der Waals surface area contributed by atoms with Gasteiger partial charge in [-0.25, -0.2) is 4.79 Å². The second-order valence-electron chi connectivity index (χ2n) is 6.51. The Labute approximate surface area is 186 Å². The van der Waals surface area contributed by atoms with Gasteiger partial charge in [0.25, 0.3) is 0 Å². The zero-order chi connectivity index (χ0) is 25.0. The van der Waals surface area contributed by atoms with Crippen LogP contribution in [0.1, 0.15) is 25.7 Å². The van der Waals surface area contributed by atoms with E-state index in [9.17, 15) is 33.6 Å². The highest BCUT2D eigenvalue weighted by Crippen LogP contribution is 2.02. The Bertz CT molecular complexity index is 761. The van der Waals surface area contributed by atoms with E-state index in [-0.39, 0.29) is 5.75 Å². The molecule has 0 saturated heterocycles. The number of carbonyl (C=O) groups excluding carboxylic acids is 4. The highest BCUT2D eigenvalue weighted by atomic mass is 32.1. The Morgan fingerprint density at radius 3 is 1.69 bits per heavy atom. The molecule has 10 N–H and O–H groups in total. The van der Waals surface area contributed by atoms with Gasteiger partial charge in [0.2, 0.25) is 23.6 Å². The van der Waals surface area contributed by atoms with Crippen LogP contribution >= 0.6 is 12.6 Å². The molecule has 0 heterocycles. The molecule has 4 amide bonds. The number of carboxylic acid groups (broad SMARTS) is 3. The van der Waals surface area contributed by atoms with E-state index >= 15 is 0 Å². The zero-order valence-corrected chi connectivity index (χ0v) is 17.5. The van der Waals surface area contributed by atoms with Crippen molar-refractivity contribution >= 4 is 54.2 Å². The zero-order valence-electron chi connectivity index (χ0n) is 16.6. The first-order valence-corrected chi connectivity index (χ1v) is 9.63. The van der Waals surface area contributed by atoms with Crippen LogP contribution in [-0.2, 0) is 33.6 Å². The number of primary amides is 1. The summed E-state index contributed by atoms with van der Waals surface area (Å²) in [5.41, 5.74) is 10.4. The highest BCUT2D eigenvalue weighted by Gasteiger charge is 2.31. The highest BCUT2D eigenvalue weighted by molar-refractivity contribution is 7.80. The smallest absolute Gasteiger partial charge is 0.326 e. The lowest BCUT2D eigenvalue weighted by atomic mass is 10.1. The maximum Gasteiger partial charge on any atom is 0.326 e. The number of amides is 4. The normalized spacial score (nSPS) is 14.2. The minimum Gasteiger partial charge on any atom is -0.481 e. The molecular weight excluding hydrogens is 454 g/mol. The SMILES string of the molecule is NC(=O)CC(N)C(=O)NC(CC(=O)O)C(=O)NC(CS)C(=O)NC(CCC(=O)O)C(=O)O. The molecule has 0 rings (SSSR count). The van der Waals surface area contributed by atoms with Gasteiger partial charge in [-0.1, -0.05) is 0 Å². The van der Waals surface area contributed by atoms with Crippen molar-refractivity contribution in [2.24, 2.45) is 11.5 Å². The summed E-state index contributed by atoms with van der Waals surface area (Å²) < 4.78 is 0. The van der Waals surface area contributed by atoms with Gasteiger partial charge in [0.05, 0.1) is 18.9 Å². The van der Waals surface area contributed by atoms with E-state index < -0.39 is 91.4 Å². The van der Waals surface area contributed by atoms with Crippen molar-refractivity contribution in [2.45, 2.75) is 49.9 Å². The Kier molecular flexibility index (Phi) is 12.3. The minimum atomic E-state index is -1.70. The van der Waals surface area contributed by atoms with Gasteiger partial charge in [0, 0.05) is 12.2 Å². The summed E-state index contributed by atoms with van der Waals surface area (Å²) in [6.07, 6.45) is -2.45. The number of carboxylic acids is 3. The van der Waals surface area contributed by atoms with Crippen LogP contribution in [-0.4, -0.2) is 86.8 Å². The van der Waals surface area contributed by atoms with Crippen molar-refractivity contribution in [3.05, 3.63) is 0 Å². The molecule has 4 unspecified atom stereocenters. The van der Waals surface area contributed by atoms with Crippen LogP contribution < -0.4 is 27.4 Å². The molecular formula is C16H25N5O10S. The van der Waals surface area contributed by atoms with Crippen LogP contribution in [0.3, 0.4) is 0 Å². The standard InChI is InChI=1S/C16H25N5O10S/c17-6(3-10(18)22)13(27)20-8(4-12(25)26)14(28)21-9(5-32)15(29)19-7(16(30)31)1-2-11(23)24/h6-9,32H,1-5,17H2,(H2,18,22)(H,19,29)(H,20,27)(H,21,28)(H,23,24)(H,25,26)(H,30,31). The first-order chi connectivity index (χ1) is 14.8. The maximum atomic E-state index is 12.4. The molecule has 0 saturated carbocycles. The molecule has 0 aliphatic carbocycles. The van der Waals surface area contributed by atoms with E-state index in [4.69, 9.17) is 26.8 Å². The van der Waals surface area contributed by atoms with Crippen LogP contribution in [0, 0.1) is 0 Å². The van der Waals surface area contributed by atoms with Crippen molar-refractivity contribution in [2.75, 3.05) is 5.75 Å². The van der Waals surface area contributed by atoms with Gasteiger partial charge in [-0.05, 0) is 6.42 Å². The van der Waals surface area contributed by atoms with Gasteiger partial charge >= 0.3 is 17.9 Å².